The van der Waals surface area contributed by atoms with Crippen LogP contribution < -0.4 is 0 Å². The first-order chi connectivity index (χ1) is 12.0. The molecule has 1 aromatic carbocycles. The summed E-state index contributed by atoms with van der Waals surface area (Å²) in [7, 11) is 0. The van der Waals surface area contributed by atoms with Crippen molar-refractivity contribution in [3.63, 3.8) is 0 Å². The van der Waals surface area contributed by atoms with E-state index in [9.17, 15) is 9.18 Å². The van der Waals surface area contributed by atoms with Crippen LogP contribution in [0.4, 0.5) is 9.18 Å². The van der Waals surface area contributed by atoms with Gasteiger partial charge in [0.1, 0.15) is 5.82 Å². The van der Waals surface area contributed by atoms with Crippen LogP contribution in [-0.4, -0.2) is 57.8 Å². The van der Waals surface area contributed by atoms with Gasteiger partial charge < -0.3 is 9.80 Å². The largest absolute Gasteiger partial charge is 0.345 e. The first kappa shape index (κ1) is 16.3. The normalized spacial score (nSPS) is 22.9. The maximum atomic E-state index is 13.2. The molecular weight excluding hydrogens is 319 g/mol. The number of amides is 1. The standard InChI is InChI=1S/C19H23FN4O/c1-13-14(2)24(21-18(13)15-3-5-16(20)6-4-15)19(25)23-12-11-22-9-7-17(23)8-10-22/h3-6,17H,7-12H2,1-2H3. The van der Waals surface area contributed by atoms with Crippen molar-refractivity contribution in [2.45, 2.75) is 32.7 Å². The smallest absolute Gasteiger partial charge is 0.318 e. The molecule has 0 spiro atoms. The van der Waals surface area contributed by atoms with E-state index in [2.05, 4.69) is 10.00 Å². The van der Waals surface area contributed by atoms with Crippen molar-refractivity contribution in [1.29, 1.82) is 0 Å². The van der Waals surface area contributed by atoms with Gasteiger partial charge in [0, 0.05) is 43.5 Å². The molecule has 1 amide bonds. The predicted octanol–water partition coefficient (Wildman–Crippen LogP) is 3.05. The first-order valence-corrected chi connectivity index (χ1v) is 8.90. The second kappa shape index (κ2) is 6.26. The number of hydrogen-bond donors (Lipinski definition) is 0. The van der Waals surface area contributed by atoms with Gasteiger partial charge in [-0.2, -0.15) is 9.78 Å². The Morgan fingerprint density at radius 3 is 2.44 bits per heavy atom. The number of rotatable bonds is 1. The fourth-order valence-corrected chi connectivity index (χ4v) is 3.91. The van der Waals surface area contributed by atoms with E-state index in [-0.39, 0.29) is 11.8 Å². The zero-order chi connectivity index (χ0) is 17.6. The third-order valence-electron chi connectivity index (χ3n) is 5.62. The van der Waals surface area contributed by atoms with Crippen LogP contribution in [0.3, 0.4) is 0 Å². The zero-order valence-corrected chi connectivity index (χ0v) is 14.7. The Morgan fingerprint density at radius 1 is 1.08 bits per heavy atom. The summed E-state index contributed by atoms with van der Waals surface area (Å²) in [6.07, 6.45) is 2.08. The minimum atomic E-state index is -0.274. The number of benzene rings is 1. The number of fused-ring (bicyclic) bond motifs is 4. The molecule has 5 rings (SSSR count). The average molecular weight is 342 g/mol. The van der Waals surface area contributed by atoms with E-state index < -0.39 is 0 Å². The molecule has 0 saturated carbocycles. The van der Waals surface area contributed by atoms with Crippen molar-refractivity contribution in [3.05, 3.63) is 41.3 Å². The molecule has 1 aromatic heterocycles. The molecule has 0 unspecified atom stereocenters. The van der Waals surface area contributed by atoms with E-state index in [1.807, 2.05) is 18.7 Å². The van der Waals surface area contributed by atoms with Crippen LogP contribution in [0.25, 0.3) is 11.3 Å². The molecule has 5 nitrogen and oxygen atoms in total. The minimum absolute atomic E-state index is 0.0392. The van der Waals surface area contributed by atoms with E-state index in [0.717, 1.165) is 61.5 Å². The predicted molar refractivity (Wildman–Crippen MR) is 94.1 cm³/mol. The number of hydrogen-bond acceptors (Lipinski definition) is 3. The van der Waals surface area contributed by atoms with E-state index in [0.29, 0.717) is 6.04 Å². The molecule has 132 valence electrons. The zero-order valence-electron chi connectivity index (χ0n) is 14.7. The van der Waals surface area contributed by atoms with Crippen LogP contribution in [0.1, 0.15) is 24.1 Å². The van der Waals surface area contributed by atoms with Crippen molar-refractivity contribution in [2.75, 3.05) is 26.2 Å². The molecule has 4 heterocycles. The summed E-state index contributed by atoms with van der Waals surface area (Å²) in [5.41, 5.74) is 3.39. The molecule has 0 radical (unpaired) electrons. The second-order valence-electron chi connectivity index (χ2n) is 7.03. The van der Waals surface area contributed by atoms with Crippen LogP contribution in [-0.2, 0) is 0 Å². The summed E-state index contributed by atoms with van der Waals surface area (Å²) in [6.45, 7) is 7.73. The SMILES string of the molecule is Cc1c(-c2ccc(F)cc2)nn(C(=O)N2CCN3CCC2CC3)c1C. The third kappa shape index (κ3) is 2.84. The van der Waals surface area contributed by atoms with Crippen LogP contribution >= 0.6 is 0 Å². The molecule has 25 heavy (non-hydrogen) atoms. The number of nitrogens with zero attached hydrogens (tertiary/aromatic N) is 4. The molecular formula is C19H23FN4O. The van der Waals surface area contributed by atoms with Crippen molar-refractivity contribution >= 4 is 6.03 Å². The summed E-state index contributed by atoms with van der Waals surface area (Å²) in [5, 5.41) is 4.59. The van der Waals surface area contributed by atoms with Crippen LogP contribution in [0.2, 0.25) is 0 Å². The summed E-state index contributed by atoms with van der Waals surface area (Å²) in [6, 6.07) is 6.53. The number of aromatic nitrogens is 2. The fourth-order valence-electron chi connectivity index (χ4n) is 3.91. The van der Waals surface area contributed by atoms with Gasteiger partial charge >= 0.3 is 6.03 Å². The monoisotopic (exact) mass is 342 g/mol. The average Bonchev–Trinajstić information content (AvgIpc) is 2.80. The summed E-state index contributed by atoms with van der Waals surface area (Å²) >= 11 is 0. The lowest BCUT2D eigenvalue weighted by Crippen LogP contribution is -2.44. The lowest BCUT2D eigenvalue weighted by atomic mass is 10.1. The Hall–Kier alpha value is -2.21. The van der Waals surface area contributed by atoms with Gasteiger partial charge in [0.2, 0.25) is 0 Å². The van der Waals surface area contributed by atoms with Crippen molar-refractivity contribution in [1.82, 2.24) is 19.6 Å². The molecule has 3 aliphatic heterocycles. The quantitative estimate of drug-likeness (QED) is 0.800. The van der Waals surface area contributed by atoms with E-state index in [1.54, 1.807) is 12.1 Å². The third-order valence-corrected chi connectivity index (χ3v) is 5.62. The molecule has 2 aromatic rings. The molecule has 3 saturated heterocycles. The van der Waals surface area contributed by atoms with E-state index in [4.69, 9.17) is 0 Å². The molecule has 0 N–H and O–H groups in total. The second-order valence-corrected chi connectivity index (χ2v) is 7.03. The Kier molecular flexibility index (Phi) is 4.07. The van der Waals surface area contributed by atoms with Gasteiger partial charge in [-0.25, -0.2) is 9.18 Å². The van der Waals surface area contributed by atoms with Crippen molar-refractivity contribution < 1.29 is 9.18 Å². The van der Waals surface area contributed by atoms with Gasteiger partial charge in [0.25, 0.3) is 0 Å². The summed E-state index contributed by atoms with van der Waals surface area (Å²) < 4.78 is 14.7. The van der Waals surface area contributed by atoms with Gasteiger partial charge in [-0.15, -0.1) is 0 Å². The number of halogens is 1. The number of carbonyl (C=O) groups is 1. The van der Waals surface area contributed by atoms with Gasteiger partial charge in [0.15, 0.2) is 0 Å². The van der Waals surface area contributed by atoms with E-state index in [1.165, 1.54) is 16.8 Å². The lowest BCUT2D eigenvalue weighted by molar-refractivity contribution is 0.168. The van der Waals surface area contributed by atoms with Gasteiger partial charge in [-0.1, -0.05) is 0 Å². The summed E-state index contributed by atoms with van der Waals surface area (Å²) in [4.78, 5) is 17.6. The lowest BCUT2D eigenvalue weighted by Gasteiger charge is -2.31. The molecule has 6 heteroatoms. The fraction of sp³-hybridized carbons (Fsp3) is 0.474. The maximum absolute atomic E-state index is 13.2. The highest BCUT2D eigenvalue weighted by Gasteiger charge is 2.33. The van der Waals surface area contributed by atoms with Crippen molar-refractivity contribution in [2.24, 2.45) is 0 Å². The highest BCUT2D eigenvalue weighted by atomic mass is 19.1. The summed E-state index contributed by atoms with van der Waals surface area (Å²) in [5.74, 6) is -0.274. The van der Waals surface area contributed by atoms with Gasteiger partial charge in [-0.3, -0.25) is 0 Å². The van der Waals surface area contributed by atoms with Gasteiger partial charge in [0.05, 0.1) is 5.69 Å². The van der Waals surface area contributed by atoms with E-state index >= 15 is 0 Å². The molecule has 3 aliphatic rings. The van der Waals surface area contributed by atoms with Gasteiger partial charge in [-0.05, 0) is 56.5 Å². The molecule has 2 bridgehead atoms. The highest BCUT2D eigenvalue weighted by Crippen LogP contribution is 2.27. The minimum Gasteiger partial charge on any atom is -0.318 e. The Labute approximate surface area is 147 Å². The maximum Gasteiger partial charge on any atom is 0.345 e. The molecule has 0 aliphatic carbocycles. The Balaban J connectivity index is 1.67. The van der Waals surface area contributed by atoms with Crippen molar-refractivity contribution in [3.8, 4) is 11.3 Å². The Morgan fingerprint density at radius 2 is 1.76 bits per heavy atom. The topological polar surface area (TPSA) is 41.4 Å². The van der Waals surface area contributed by atoms with Crippen LogP contribution in [0, 0.1) is 19.7 Å². The number of carbonyl (C=O) groups excluding carboxylic acids is 1. The number of piperidine rings is 1. The van der Waals surface area contributed by atoms with Crippen LogP contribution in [0.15, 0.2) is 24.3 Å². The van der Waals surface area contributed by atoms with Crippen LogP contribution in [0.5, 0.6) is 0 Å². The Bertz CT molecular complexity index is 791. The first-order valence-electron chi connectivity index (χ1n) is 8.90. The molecule has 3 fully saturated rings. The molecule has 0 atom stereocenters. The highest BCUT2D eigenvalue weighted by molar-refractivity contribution is 5.79.